The van der Waals surface area contributed by atoms with Gasteiger partial charge in [0.05, 0.1) is 6.04 Å². The molecule has 2 unspecified atom stereocenters. The number of unbranched alkanes of at least 4 members (excludes halogenated alkanes) is 2. The van der Waals surface area contributed by atoms with Crippen molar-refractivity contribution < 1.29 is 9.59 Å². The summed E-state index contributed by atoms with van der Waals surface area (Å²) in [7, 11) is 0. The highest BCUT2D eigenvalue weighted by atomic mass is 16.2. The highest BCUT2D eigenvalue weighted by Gasteiger charge is 2.28. The molecule has 0 aliphatic rings. The second-order valence-electron chi connectivity index (χ2n) is 6.85. The molecule has 142 valence electrons. The largest absolute Gasteiger partial charge is 0.343 e. The first-order chi connectivity index (χ1) is 11.2. The van der Waals surface area contributed by atoms with Crippen molar-refractivity contribution in [3.05, 3.63) is 0 Å². The lowest BCUT2D eigenvalue weighted by atomic mass is 9.97. The SMILES string of the molecule is CCCCC(CCCC)NC(C(=O)NC(C)C(=O)N(N)N)C(C)C. The van der Waals surface area contributed by atoms with Crippen LogP contribution in [0, 0.1) is 5.92 Å². The second-order valence-corrected chi connectivity index (χ2v) is 6.85. The standard InChI is InChI=1S/C17H37N5O2/c1-6-8-10-14(11-9-7-2)21-15(12(3)4)16(23)20-13(5)17(24)22(18)19/h12-15,21H,6-11,18-19H2,1-5H3,(H,20,23). The first kappa shape index (κ1) is 22.8. The minimum absolute atomic E-state index is 0.116. The molecule has 0 aliphatic heterocycles. The van der Waals surface area contributed by atoms with Crippen molar-refractivity contribution in [3.63, 3.8) is 0 Å². The average Bonchev–Trinajstić information content (AvgIpc) is 2.52. The summed E-state index contributed by atoms with van der Waals surface area (Å²) < 4.78 is 0. The Hall–Kier alpha value is -1.18. The van der Waals surface area contributed by atoms with Crippen LogP contribution in [0.5, 0.6) is 0 Å². The van der Waals surface area contributed by atoms with E-state index < -0.39 is 11.9 Å². The van der Waals surface area contributed by atoms with Gasteiger partial charge in [0.1, 0.15) is 6.04 Å². The van der Waals surface area contributed by atoms with Crippen LogP contribution in [0.25, 0.3) is 0 Å². The van der Waals surface area contributed by atoms with Gasteiger partial charge in [-0.25, -0.2) is 16.8 Å². The van der Waals surface area contributed by atoms with Crippen LogP contribution in [0.3, 0.4) is 0 Å². The van der Waals surface area contributed by atoms with Crippen molar-refractivity contribution in [1.29, 1.82) is 0 Å². The first-order valence-electron chi connectivity index (χ1n) is 9.14. The molecule has 0 spiro atoms. The molecule has 0 radical (unpaired) electrons. The summed E-state index contributed by atoms with van der Waals surface area (Å²) in [5.41, 5.74) is 0. The Morgan fingerprint density at radius 1 is 1.00 bits per heavy atom. The van der Waals surface area contributed by atoms with Crippen molar-refractivity contribution in [1.82, 2.24) is 15.8 Å². The maximum atomic E-state index is 12.6. The van der Waals surface area contributed by atoms with Crippen LogP contribution >= 0.6 is 0 Å². The molecule has 7 heteroatoms. The summed E-state index contributed by atoms with van der Waals surface area (Å²) in [5.74, 6) is 9.87. The van der Waals surface area contributed by atoms with E-state index in [9.17, 15) is 9.59 Å². The first-order valence-corrected chi connectivity index (χ1v) is 9.14. The Balaban J connectivity index is 4.84. The van der Waals surface area contributed by atoms with Gasteiger partial charge in [0, 0.05) is 6.04 Å². The molecule has 6 N–H and O–H groups in total. The van der Waals surface area contributed by atoms with Crippen LogP contribution in [-0.4, -0.2) is 35.1 Å². The summed E-state index contributed by atoms with van der Waals surface area (Å²) >= 11 is 0. The van der Waals surface area contributed by atoms with E-state index in [1.807, 2.05) is 13.8 Å². The molecular formula is C17H37N5O2. The molecule has 0 bridgehead atoms. The van der Waals surface area contributed by atoms with Gasteiger partial charge in [0.25, 0.3) is 5.91 Å². The third-order valence-corrected chi connectivity index (χ3v) is 4.16. The third-order valence-electron chi connectivity index (χ3n) is 4.16. The summed E-state index contributed by atoms with van der Waals surface area (Å²) in [4.78, 5) is 24.3. The Labute approximate surface area is 146 Å². The zero-order chi connectivity index (χ0) is 18.7. The number of nitrogens with one attached hydrogen (secondary N) is 2. The summed E-state index contributed by atoms with van der Waals surface area (Å²) in [6, 6.07) is -0.780. The molecule has 0 rings (SSSR count). The van der Waals surface area contributed by atoms with E-state index >= 15 is 0 Å². The fraction of sp³-hybridized carbons (Fsp3) is 0.882. The van der Waals surface area contributed by atoms with Gasteiger partial charge in [0.15, 0.2) is 0 Å². The lowest BCUT2D eigenvalue weighted by Gasteiger charge is -2.29. The number of rotatable bonds is 12. The molecule has 0 aromatic heterocycles. The highest BCUT2D eigenvalue weighted by molar-refractivity contribution is 5.89. The number of carbonyl (C=O) groups excluding carboxylic acids is 2. The maximum Gasteiger partial charge on any atom is 0.273 e. The molecule has 0 aromatic rings. The topological polar surface area (TPSA) is 113 Å². The van der Waals surface area contributed by atoms with Gasteiger partial charge in [-0.1, -0.05) is 53.4 Å². The predicted molar refractivity (Wildman–Crippen MR) is 97.4 cm³/mol. The van der Waals surface area contributed by atoms with E-state index in [4.69, 9.17) is 11.7 Å². The van der Waals surface area contributed by atoms with Crippen molar-refractivity contribution in [3.8, 4) is 0 Å². The molecule has 7 nitrogen and oxygen atoms in total. The smallest absolute Gasteiger partial charge is 0.273 e. The predicted octanol–water partition coefficient (Wildman–Crippen LogP) is 1.43. The van der Waals surface area contributed by atoms with Crippen LogP contribution < -0.4 is 22.3 Å². The number of amides is 2. The number of hydrazine groups is 2. The maximum absolute atomic E-state index is 12.6. The quantitative estimate of drug-likeness (QED) is 0.243. The molecule has 2 atom stereocenters. The van der Waals surface area contributed by atoms with E-state index in [-0.39, 0.29) is 17.9 Å². The average molecular weight is 344 g/mol. The van der Waals surface area contributed by atoms with E-state index in [0.717, 1.165) is 38.5 Å². The third kappa shape index (κ3) is 8.61. The van der Waals surface area contributed by atoms with E-state index in [1.165, 1.54) is 0 Å². The Morgan fingerprint density at radius 3 is 1.88 bits per heavy atom. The van der Waals surface area contributed by atoms with Gasteiger partial charge >= 0.3 is 0 Å². The van der Waals surface area contributed by atoms with Gasteiger partial charge in [0.2, 0.25) is 5.91 Å². The van der Waals surface area contributed by atoms with E-state index in [0.29, 0.717) is 11.2 Å². The molecule has 0 aromatic carbocycles. The Kier molecular flexibility index (Phi) is 11.6. The zero-order valence-electron chi connectivity index (χ0n) is 16.0. The number of nitrogens with zero attached hydrogens (tertiary/aromatic N) is 1. The Morgan fingerprint density at radius 2 is 1.50 bits per heavy atom. The van der Waals surface area contributed by atoms with Crippen molar-refractivity contribution in [2.45, 2.75) is 91.3 Å². The number of carbonyl (C=O) groups is 2. The molecular weight excluding hydrogens is 306 g/mol. The van der Waals surface area contributed by atoms with Gasteiger partial charge in [-0.05, 0) is 25.7 Å². The van der Waals surface area contributed by atoms with Crippen LogP contribution in [0.2, 0.25) is 0 Å². The molecule has 0 saturated carbocycles. The van der Waals surface area contributed by atoms with Gasteiger partial charge < -0.3 is 10.6 Å². The number of hydrogen-bond acceptors (Lipinski definition) is 5. The van der Waals surface area contributed by atoms with Crippen LogP contribution in [0.1, 0.15) is 73.1 Å². The number of nitrogens with two attached hydrogens (primary N) is 2. The van der Waals surface area contributed by atoms with Gasteiger partial charge in [-0.2, -0.15) is 0 Å². The van der Waals surface area contributed by atoms with Crippen molar-refractivity contribution in [2.75, 3.05) is 0 Å². The number of hydrogen-bond donors (Lipinski definition) is 4. The van der Waals surface area contributed by atoms with Crippen molar-refractivity contribution >= 4 is 11.8 Å². The highest BCUT2D eigenvalue weighted by Crippen LogP contribution is 2.12. The fourth-order valence-corrected chi connectivity index (χ4v) is 2.63. The van der Waals surface area contributed by atoms with Gasteiger partial charge in [-0.15, -0.1) is 0 Å². The fourth-order valence-electron chi connectivity index (χ4n) is 2.63. The van der Waals surface area contributed by atoms with E-state index in [1.54, 1.807) is 6.92 Å². The zero-order valence-corrected chi connectivity index (χ0v) is 16.0. The van der Waals surface area contributed by atoms with Crippen LogP contribution in [0.15, 0.2) is 0 Å². The van der Waals surface area contributed by atoms with Crippen LogP contribution in [0.4, 0.5) is 0 Å². The molecule has 0 saturated heterocycles. The normalized spacial score (nSPS) is 13.9. The minimum atomic E-state index is -0.750. The minimum Gasteiger partial charge on any atom is -0.343 e. The van der Waals surface area contributed by atoms with Crippen LogP contribution in [-0.2, 0) is 9.59 Å². The molecule has 0 fully saturated rings. The summed E-state index contributed by atoms with van der Waals surface area (Å²) in [5, 5.41) is 6.71. The summed E-state index contributed by atoms with van der Waals surface area (Å²) in [6.07, 6.45) is 6.66. The molecule has 0 aliphatic carbocycles. The monoisotopic (exact) mass is 343 g/mol. The van der Waals surface area contributed by atoms with Gasteiger partial charge in [-0.3, -0.25) is 9.59 Å². The Bertz CT molecular complexity index is 366. The molecule has 0 heterocycles. The second kappa shape index (κ2) is 12.2. The molecule has 2 amide bonds. The van der Waals surface area contributed by atoms with Crippen molar-refractivity contribution in [2.24, 2.45) is 17.6 Å². The lowest BCUT2D eigenvalue weighted by molar-refractivity contribution is -0.137. The molecule has 24 heavy (non-hydrogen) atoms. The summed E-state index contributed by atoms with van der Waals surface area (Å²) in [6.45, 7) is 9.91. The van der Waals surface area contributed by atoms with E-state index in [2.05, 4.69) is 24.5 Å². The lowest BCUT2D eigenvalue weighted by Crippen LogP contribution is -2.57.